The third kappa shape index (κ3) is 2.88. The molecule has 23 heavy (non-hydrogen) atoms. The number of unbranched alkanes of at least 4 members (excludes halogenated alkanes) is 1. The summed E-state index contributed by atoms with van der Waals surface area (Å²) in [7, 11) is 1.55. The molecule has 0 spiro atoms. The van der Waals surface area contributed by atoms with E-state index in [-0.39, 0.29) is 11.3 Å². The van der Waals surface area contributed by atoms with Crippen LogP contribution >= 0.6 is 0 Å². The third-order valence-electron chi connectivity index (χ3n) is 4.50. The Labute approximate surface area is 140 Å². The smallest absolute Gasteiger partial charge is 0.272 e. The molecule has 0 radical (unpaired) electrons. The van der Waals surface area contributed by atoms with Gasteiger partial charge in [0.2, 0.25) is 0 Å². The zero-order chi connectivity index (χ0) is 17.3. The van der Waals surface area contributed by atoms with Crippen LogP contribution in [0.5, 0.6) is 0 Å². The van der Waals surface area contributed by atoms with Gasteiger partial charge in [-0.25, -0.2) is 0 Å². The number of fused-ring (bicyclic) bond motifs is 1. The first kappa shape index (κ1) is 17.6. The number of nitrogens with zero attached hydrogens (tertiary/aromatic N) is 1. The summed E-state index contributed by atoms with van der Waals surface area (Å²) >= 11 is 0. The minimum atomic E-state index is -0.673. The molecule has 0 aliphatic carbocycles. The number of hydrogen-bond acceptors (Lipinski definition) is 2. The van der Waals surface area contributed by atoms with Crippen molar-refractivity contribution in [2.75, 3.05) is 7.11 Å². The molecule has 1 unspecified atom stereocenters. The summed E-state index contributed by atoms with van der Waals surface area (Å²) in [6.45, 7) is 10.5. The van der Waals surface area contributed by atoms with Crippen molar-refractivity contribution < 1.29 is 9.63 Å². The lowest BCUT2D eigenvalue weighted by Gasteiger charge is -2.33. The molecule has 1 aromatic carbocycles. The van der Waals surface area contributed by atoms with Crippen LogP contribution in [-0.2, 0) is 15.8 Å². The number of hydroxylamine groups is 2. The van der Waals surface area contributed by atoms with Gasteiger partial charge in [0.05, 0.1) is 7.11 Å². The summed E-state index contributed by atoms with van der Waals surface area (Å²) < 4.78 is 0. The van der Waals surface area contributed by atoms with Crippen molar-refractivity contribution in [3.8, 4) is 11.8 Å². The molecule has 1 aliphatic rings. The third-order valence-corrected chi connectivity index (χ3v) is 4.50. The fourth-order valence-electron chi connectivity index (χ4n) is 3.23. The highest BCUT2D eigenvalue weighted by Crippen LogP contribution is 2.44. The first-order valence-corrected chi connectivity index (χ1v) is 8.29. The molecule has 0 saturated carbocycles. The molecule has 1 heterocycles. The number of rotatable bonds is 4. The van der Waals surface area contributed by atoms with Gasteiger partial charge in [-0.3, -0.25) is 9.63 Å². The molecule has 0 N–H and O–H groups in total. The molecule has 3 heteroatoms. The molecule has 1 aliphatic heterocycles. The van der Waals surface area contributed by atoms with Crippen LogP contribution in [0.3, 0.4) is 0 Å². The molecule has 3 nitrogen and oxygen atoms in total. The van der Waals surface area contributed by atoms with E-state index in [0.29, 0.717) is 5.56 Å². The van der Waals surface area contributed by atoms with Gasteiger partial charge in [-0.1, -0.05) is 52.2 Å². The molecular weight excluding hydrogens is 286 g/mol. The van der Waals surface area contributed by atoms with E-state index in [9.17, 15) is 4.79 Å². The lowest BCUT2D eigenvalue weighted by molar-refractivity contribution is -0.143. The second-order valence-electron chi connectivity index (χ2n) is 7.13. The molecule has 0 aromatic heterocycles. The minimum Gasteiger partial charge on any atom is -0.272 e. The zero-order valence-electron chi connectivity index (χ0n) is 15.1. The van der Waals surface area contributed by atoms with Gasteiger partial charge in [-0.15, -0.1) is 5.92 Å². The molecule has 0 fully saturated rings. The molecule has 1 atom stereocenters. The summed E-state index contributed by atoms with van der Waals surface area (Å²) in [4.78, 5) is 18.3. The molecular formula is C20H27NO2. The average molecular weight is 313 g/mol. The number of carbonyl (C=O) groups excluding carboxylic acids is 1. The van der Waals surface area contributed by atoms with Gasteiger partial charge in [0.1, 0.15) is 0 Å². The Morgan fingerprint density at radius 2 is 2.00 bits per heavy atom. The highest BCUT2D eigenvalue weighted by atomic mass is 16.7. The summed E-state index contributed by atoms with van der Waals surface area (Å²) in [6, 6.07) is 6.11. The number of hydrogen-bond donors (Lipinski definition) is 0. The average Bonchev–Trinajstić information content (AvgIpc) is 2.73. The summed E-state index contributed by atoms with van der Waals surface area (Å²) in [5, 5.41) is 1.47. The first-order chi connectivity index (χ1) is 10.8. The van der Waals surface area contributed by atoms with E-state index < -0.39 is 5.54 Å². The van der Waals surface area contributed by atoms with E-state index in [1.54, 1.807) is 7.11 Å². The van der Waals surface area contributed by atoms with Crippen molar-refractivity contribution in [3.63, 3.8) is 0 Å². The normalized spacial score (nSPS) is 20.3. The maximum Gasteiger partial charge on any atom is 0.279 e. The van der Waals surface area contributed by atoms with E-state index in [1.165, 1.54) is 10.6 Å². The van der Waals surface area contributed by atoms with E-state index in [1.807, 2.05) is 19.1 Å². The quantitative estimate of drug-likeness (QED) is 0.771. The topological polar surface area (TPSA) is 29.5 Å². The molecule has 1 aromatic rings. The van der Waals surface area contributed by atoms with Gasteiger partial charge in [-0.2, -0.15) is 5.06 Å². The van der Waals surface area contributed by atoms with Crippen molar-refractivity contribution in [2.24, 2.45) is 0 Å². The largest absolute Gasteiger partial charge is 0.279 e. The standard InChI is InChI=1S/C20H27NO2/c1-7-9-13-20(12-8-2)17-14-15(19(3,4)5)10-11-16(17)18(22)21(20)23-6/h10-11,14H,7,9,13H2,1-6H3. The van der Waals surface area contributed by atoms with E-state index in [2.05, 4.69) is 45.6 Å². The second-order valence-corrected chi connectivity index (χ2v) is 7.13. The highest BCUT2D eigenvalue weighted by Gasteiger charge is 2.49. The van der Waals surface area contributed by atoms with Crippen molar-refractivity contribution in [3.05, 3.63) is 34.9 Å². The van der Waals surface area contributed by atoms with Gasteiger partial charge in [0.25, 0.3) is 5.91 Å². The second kappa shape index (κ2) is 6.37. The van der Waals surface area contributed by atoms with Crippen LogP contribution in [0.15, 0.2) is 18.2 Å². The molecule has 0 bridgehead atoms. The lowest BCUT2D eigenvalue weighted by atomic mass is 9.80. The van der Waals surface area contributed by atoms with Crippen molar-refractivity contribution in [1.82, 2.24) is 5.06 Å². The molecule has 0 saturated heterocycles. The number of benzene rings is 1. The lowest BCUT2D eigenvalue weighted by Crippen LogP contribution is -2.42. The Kier molecular flexibility index (Phi) is 4.87. The Bertz CT molecular complexity index is 660. The van der Waals surface area contributed by atoms with Crippen LogP contribution in [0, 0.1) is 11.8 Å². The SMILES string of the molecule is CC#CC1(CCCC)c2cc(C(C)(C)C)ccc2C(=O)N1OC. The zero-order valence-corrected chi connectivity index (χ0v) is 15.1. The Hall–Kier alpha value is -1.79. The maximum absolute atomic E-state index is 12.8. The van der Waals surface area contributed by atoms with E-state index >= 15 is 0 Å². The van der Waals surface area contributed by atoms with Gasteiger partial charge >= 0.3 is 0 Å². The molecule has 124 valence electrons. The Morgan fingerprint density at radius 1 is 1.30 bits per heavy atom. The van der Waals surface area contributed by atoms with Crippen LogP contribution in [0.4, 0.5) is 0 Å². The van der Waals surface area contributed by atoms with Crippen LogP contribution in [-0.4, -0.2) is 18.1 Å². The van der Waals surface area contributed by atoms with Crippen molar-refractivity contribution in [2.45, 2.75) is 64.8 Å². The van der Waals surface area contributed by atoms with E-state index in [0.717, 1.165) is 24.8 Å². The van der Waals surface area contributed by atoms with Crippen molar-refractivity contribution >= 4 is 5.91 Å². The maximum atomic E-state index is 12.8. The summed E-state index contributed by atoms with van der Waals surface area (Å²) in [6.07, 6.45) is 2.82. The van der Waals surface area contributed by atoms with E-state index in [4.69, 9.17) is 4.84 Å². The Morgan fingerprint density at radius 3 is 2.52 bits per heavy atom. The Balaban J connectivity index is 2.70. The fraction of sp³-hybridized carbons (Fsp3) is 0.550. The summed E-state index contributed by atoms with van der Waals surface area (Å²) in [5.41, 5.74) is 2.25. The molecule has 1 amide bonds. The van der Waals surface area contributed by atoms with Crippen molar-refractivity contribution in [1.29, 1.82) is 0 Å². The minimum absolute atomic E-state index is 0.0225. The van der Waals surface area contributed by atoms with Crippen LogP contribution in [0.2, 0.25) is 0 Å². The number of amides is 1. The van der Waals surface area contributed by atoms with Gasteiger partial charge in [0, 0.05) is 11.1 Å². The van der Waals surface area contributed by atoms with Gasteiger partial charge in [0.15, 0.2) is 5.54 Å². The van der Waals surface area contributed by atoms with Gasteiger partial charge < -0.3 is 0 Å². The predicted octanol–water partition coefficient (Wildman–Crippen LogP) is 4.41. The highest BCUT2D eigenvalue weighted by molar-refractivity contribution is 6.00. The fourth-order valence-corrected chi connectivity index (χ4v) is 3.23. The first-order valence-electron chi connectivity index (χ1n) is 8.29. The molecule has 2 rings (SSSR count). The predicted molar refractivity (Wildman–Crippen MR) is 93.0 cm³/mol. The van der Waals surface area contributed by atoms with Gasteiger partial charge in [-0.05, 0) is 36.8 Å². The number of carbonyl (C=O) groups is 1. The monoisotopic (exact) mass is 313 g/mol. The van der Waals surface area contributed by atoms with Crippen LogP contribution in [0.25, 0.3) is 0 Å². The van der Waals surface area contributed by atoms with Crippen LogP contribution in [0.1, 0.15) is 75.4 Å². The van der Waals surface area contributed by atoms with Crippen LogP contribution < -0.4 is 0 Å². The summed E-state index contributed by atoms with van der Waals surface area (Å²) in [5.74, 6) is 6.21.